The molecule has 6 heteroatoms. The summed E-state index contributed by atoms with van der Waals surface area (Å²) in [4.78, 5) is 10.6. The standard InChI is InChI=1S/C26H41N3O3/c1-25(2,3)30-14-8-9-19-15-24(23(27-7)18-28-19)29-12-10-20(11-13-29)31-21-16-22(17-21)32-26(4,5)6/h15,18,20-22H,8-14,16-17H2,1-6H3. The van der Waals surface area contributed by atoms with Gasteiger partial charge in [-0.25, -0.2) is 4.85 Å². The van der Waals surface area contributed by atoms with Crippen LogP contribution < -0.4 is 4.90 Å². The van der Waals surface area contributed by atoms with Crippen LogP contribution in [0.3, 0.4) is 0 Å². The van der Waals surface area contributed by atoms with Gasteiger partial charge in [-0.1, -0.05) is 0 Å². The van der Waals surface area contributed by atoms with Crippen molar-refractivity contribution < 1.29 is 14.2 Å². The molecule has 0 N–H and O–H groups in total. The van der Waals surface area contributed by atoms with Crippen molar-refractivity contribution in [3.05, 3.63) is 29.4 Å². The number of piperidine rings is 1. The van der Waals surface area contributed by atoms with Crippen molar-refractivity contribution in [3.63, 3.8) is 0 Å². The average molecular weight is 444 g/mol. The van der Waals surface area contributed by atoms with Crippen LogP contribution in [0.5, 0.6) is 0 Å². The summed E-state index contributed by atoms with van der Waals surface area (Å²) in [7, 11) is 0. The highest BCUT2D eigenvalue weighted by molar-refractivity contribution is 5.70. The highest BCUT2D eigenvalue weighted by Gasteiger charge is 2.36. The van der Waals surface area contributed by atoms with E-state index in [0.29, 0.717) is 24.0 Å². The molecule has 1 aromatic heterocycles. The molecule has 1 saturated heterocycles. The third-order valence-electron chi connectivity index (χ3n) is 5.89. The fraction of sp³-hybridized carbons (Fsp3) is 0.769. The lowest BCUT2D eigenvalue weighted by molar-refractivity contribution is -0.164. The van der Waals surface area contributed by atoms with Gasteiger partial charge in [0.1, 0.15) is 0 Å². The van der Waals surface area contributed by atoms with Crippen molar-refractivity contribution in [2.24, 2.45) is 0 Å². The molecule has 2 fully saturated rings. The predicted molar refractivity (Wildman–Crippen MR) is 128 cm³/mol. The van der Waals surface area contributed by atoms with Crippen molar-refractivity contribution in [3.8, 4) is 0 Å². The van der Waals surface area contributed by atoms with Crippen molar-refractivity contribution in [1.29, 1.82) is 0 Å². The zero-order valence-corrected chi connectivity index (χ0v) is 20.8. The Hall–Kier alpha value is -1.68. The number of hydrogen-bond donors (Lipinski definition) is 0. The fourth-order valence-electron chi connectivity index (χ4n) is 4.32. The first-order valence-corrected chi connectivity index (χ1v) is 12.1. The number of hydrogen-bond acceptors (Lipinski definition) is 5. The lowest BCUT2D eigenvalue weighted by Crippen LogP contribution is -2.45. The molecule has 0 radical (unpaired) electrons. The van der Waals surface area contributed by atoms with E-state index in [9.17, 15) is 0 Å². The molecule has 1 aliphatic carbocycles. The Morgan fingerprint density at radius 1 is 1.03 bits per heavy atom. The fourth-order valence-corrected chi connectivity index (χ4v) is 4.32. The predicted octanol–water partition coefficient (Wildman–Crippen LogP) is 5.71. The molecular formula is C26H41N3O3. The molecule has 0 aromatic carbocycles. The Morgan fingerprint density at radius 2 is 1.72 bits per heavy atom. The zero-order valence-electron chi connectivity index (χ0n) is 20.8. The smallest absolute Gasteiger partial charge is 0.227 e. The quantitative estimate of drug-likeness (QED) is 0.380. The highest BCUT2D eigenvalue weighted by Crippen LogP contribution is 2.35. The molecule has 0 amide bonds. The van der Waals surface area contributed by atoms with Gasteiger partial charge in [-0.05, 0) is 86.1 Å². The van der Waals surface area contributed by atoms with E-state index in [1.807, 2.05) is 0 Å². The number of ether oxygens (including phenoxy) is 3. The van der Waals surface area contributed by atoms with Gasteiger partial charge in [-0.2, -0.15) is 0 Å². The van der Waals surface area contributed by atoms with Crippen LogP contribution >= 0.6 is 0 Å². The maximum atomic E-state index is 7.56. The van der Waals surface area contributed by atoms with Gasteiger partial charge in [0.15, 0.2) is 0 Å². The Labute approximate surface area is 194 Å². The van der Waals surface area contributed by atoms with Crippen LogP contribution in [-0.2, 0) is 20.6 Å². The second kappa shape index (κ2) is 10.5. The number of rotatable bonds is 8. The maximum Gasteiger partial charge on any atom is 0.227 e. The Balaban J connectivity index is 1.46. The lowest BCUT2D eigenvalue weighted by atomic mass is 9.90. The summed E-state index contributed by atoms with van der Waals surface area (Å²) in [5.41, 5.74) is 2.49. The zero-order chi connectivity index (χ0) is 23.4. The molecule has 0 unspecified atom stereocenters. The number of nitrogens with zero attached hydrogens (tertiary/aromatic N) is 3. The van der Waals surface area contributed by atoms with E-state index in [1.165, 1.54) is 0 Å². The van der Waals surface area contributed by atoms with Crippen molar-refractivity contribution in [2.75, 3.05) is 24.6 Å². The maximum absolute atomic E-state index is 7.56. The second-order valence-corrected chi connectivity index (χ2v) is 11.1. The molecule has 0 atom stereocenters. The monoisotopic (exact) mass is 443 g/mol. The largest absolute Gasteiger partial charge is 0.380 e. The summed E-state index contributed by atoms with van der Waals surface area (Å²) in [6.07, 6.45) is 8.50. The normalized spacial score (nSPS) is 22.5. The first-order valence-electron chi connectivity index (χ1n) is 12.1. The average Bonchev–Trinajstić information content (AvgIpc) is 2.68. The summed E-state index contributed by atoms with van der Waals surface area (Å²) in [5.74, 6) is 0. The molecule has 1 aromatic rings. The molecule has 178 valence electrons. The minimum absolute atomic E-state index is 0.0788. The minimum Gasteiger partial charge on any atom is -0.380 e. The van der Waals surface area contributed by atoms with Gasteiger partial charge < -0.3 is 19.1 Å². The first kappa shape index (κ1) is 25.0. The van der Waals surface area contributed by atoms with E-state index >= 15 is 0 Å². The number of pyridine rings is 1. The summed E-state index contributed by atoms with van der Waals surface area (Å²) in [6, 6.07) is 2.10. The topological polar surface area (TPSA) is 48.2 Å². The van der Waals surface area contributed by atoms with Gasteiger partial charge >= 0.3 is 0 Å². The van der Waals surface area contributed by atoms with Gasteiger partial charge in [0.05, 0.1) is 36.1 Å². The van der Waals surface area contributed by atoms with Crippen LogP contribution in [0.1, 0.15) is 79.3 Å². The Morgan fingerprint density at radius 3 is 2.31 bits per heavy atom. The van der Waals surface area contributed by atoms with Crippen molar-refractivity contribution >= 4 is 11.4 Å². The van der Waals surface area contributed by atoms with Gasteiger partial charge in [0, 0.05) is 37.3 Å². The second-order valence-electron chi connectivity index (χ2n) is 11.1. The number of aryl methyl sites for hydroxylation is 1. The molecule has 3 rings (SSSR count). The van der Waals surface area contributed by atoms with Gasteiger partial charge in [0.25, 0.3) is 0 Å². The van der Waals surface area contributed by atoms with Gasteiger partial charge in [0.2, 0.25) is 5.69 Å². The van der Waals surface area contributed by atoms with Gasteiger partial charge in [-0.3, -0.25) is 4.98 Å². The van der Waals surface area contributed by atoms with Crippen LogP contribution in [0, 0.1) is 6.57 Å². The molecule has 0 spiro atoms. The van der Waals surface area contributed by atoms with E-state index in [0.717, 1.165) is 69.6 Å². The molecule has 1 saturated carbocycles. The summed E-state index contributed by atoms with van der Waals surface area (Å²) in [6.45, 7) is 22.7. The van der Waals surface area contributed by atoms with Crippen LogP contribution in [0.4, 0.5) is 11.4 Å². The summed E-state index contributed by atoms with van der Waals surface area (Å²) in [5, 5.41) is 0. The van der Waals surface area contributed by atoms with E-state index < -0.39 is 0 Å². The van der Waals surface area contributed by atoms with E-state index in [-0.39, 0.29) is 11.2 Å². The van der Waals surface area contributed by atoms with E-state index in [1.54, 1.807) is 6.20 Å². The number of aromatic nitrogens is 1. The third kappa shape index (κ3) is 7.72. The number of anilines is 1. The van der Waals surface area contributed by atoms with Crippen LogP contribution in [0.2, 0.25) is 0 Å². The summed E-state index contributed by atoms with van der Waals surface area (Å²) >= 11 is 0. The molecule has 2 heterocycles. The van der Waals surface area contributed by atoms with Crippen molar-refractivity contribution in [1.82, 2.24) is 4.98 Å². The molecular weight excluding hydrogens is 402 g/mol. The minimum atomic E-state index is -0.112. The van der Waals surface area contributed by atoms with Crippen LogP contribution in [-0.4, -0.2) is 54.2 Å². The van der Waals surface area contributed by atoms with E-state index in [2.05, 4.69) is 62.3 Å². The molecule has 6 nitrogen and oxygen atoms in total. The molecule has 32 heavy (non-hydrogen) atoms. The highest BCUT2D eigenvalue weighted by atomic mass is 16.5. The lowest BCUT2D eigenvalue weighted by Gasteiger charge is -2.42. The summed E-state index contributed by atoms with van der Waals surface area (Å²) < 4.78 is 18.2. The SMILES string of the molecule is [C-]#[N+]c1cnc(CCCOC(C)(C)C)cc1N1CCC(OC2CC(OC(C)(C)C)C2)CC1. The van der Waals surface area contributed by atoms with Crippen LogP contribution in [0.15, 0.2) is 12.3 Å². The van der Waals surface area contributed by atoms with Crippen LogP contribution in [0.25, 0.3) is 4.85 Å². The Kier molecular flexibility index (Phi) is 8.19. The molecule has 0 bridgehead atoms. The van der Waals surface area contributed by atoms with Crippen molar-refractivity contribution in [2.45, 2.75) is 110 Å². The van der Waals surface area contributed by atoms with Gasteiger partial charge in [-0.15, -0.1) is 0 Å². The molecule has 2 aliphatic rings. The third-order valence-corrected chi connectivity index (χ3v) is 5.89. The molecule has 1 aliphatic heterocycles. The van der Waals surface area contributed by atoms with E-state index in [4.69, 9.17) is 20.8 Å². The Bertz CT molecular complexity index is 777. The first-order chi connectivity index (χ1) is 15.0.